The Morgan fingerprint density at radius 2 is 2.00 bits per heavy atom. The summed E-state index contributed by atoms with van der Waals surface area (Å²) in [7, 11) is 0. The van der Waals surface area contributed by atoms with Crippen molar-refractivity contribution in [3.8, 4) is 0 Å². The standard InChI is InChI=1S/C15H22N4O2/c1-3-16-14(20)10-19(4-2)15(21)13-9-17-11-7-5-6-8-12(11)18-13/h5-8,13,17-18H,3-4,9-10H2,1-2H3,(H,16,20). The van der Waals surface area contributed by atoms with E-state index in [0.29, 0.717) is 19.6 Å². The van der Waals surface area contributed by atoms with E-state index in [2.05, 4.69) is 16.0 Å². The smallest absolute Gasteiger partial charge is 0.247 e. The van der Waals surface area contributed by atoms with Crippen LogP contribution in [-0.2, 0) is 9.59 Å². The van der Waals surface area contributed by atoms with Gasteiger partial charge in [0.15, 0.2) is 0 Å². The first-order valence-corrected chi connectivity index (χ1v) is 7.30. The van der Waals surface area contributed by atoms with E-state index in [1.54, 1.807) is 4.90 Å². The lowest BCUT2D eigenvalue weighted by Crippen LogP contribution is -2.50. The molecule has 1 atom stereocenters. The molecule has 6 nitrogen and oxygen atoms in total. The molecule has 1 heterocycles. The summed E-state index contributed by atoms with van der Waals surface area (Å²) < 4.78 is 0. The molecule has 0 radical (unpaired) electrons. The van der Waals surface area contributed by atoms with Gasteiger partial charge in [-0.05, 0) is 26.0 Å². The van der Waals surface area contributed by atoms with Gasteiger partial charge in [0.25, 0.3) is 0 Å². The average molecular weight is 290 g/mol. The summed E-state index contributed by atoms with van der Waals surface area (Å²) in [6.45, 7) is 5.43. The third-order valence-electron chi connectivity index (χ3n) is 3.45. The van der Waals surface area contributed by atoms with E-state index in [1.165, 1.54) is 0 Å². The zero-order valence-electron chi connectivity index (χ0n) is 12.5. The van der Waals surface area contributed by atoms with Crippen molar-refractivity contribution in [3.63, 3.8) is 0 Å². The Hall–Kier alpha value is -2.24. The summed E-state index contributed by atoms with van der Waals surface area (Å²) in [6, 6.07) is 7.42. The van der Waals surface area contributed by atoms with Crippen LogP contribution in [0.1, 0.15) is 13.8 Å². The van der Waals surface area contributed by atoms with Crippen LogP contribution in [-0.4, -0.2) is 48.9 Å². The number of nitrogens with zero attached hydrogens (tertiary/aromatic N) is 1. The molecule has 0 aliphatic carbocycles. The fourth-order valence-corrected chi connectivity index (χ4v) is 2.36. The third kappa shape index (κ3) is 3.65. The molecule has 0 aromatic heterocycles. The Labute approximate surface area is 124 Å². The highest BCUT2D eigenvalue weighted by molar-refractivity contribution is 5.91. The Bertz CT molecular complexity index is 518. The Morgan fingerprint density at radius 1 is 1.29 bits per heavy atom. The maximum atomic E-state index is 12.5. The SMILES string of the molecule is CCNC(=O)CN(CC)C(=O)C1CNc2ccccc2N1. The second-order valence-corrected chi connectivity index (χ2v) is 4.93. The number of fused-ring (bicyclic) bond motifs is 1. The number of rotatable bonds is 5. The quantitative estimate of drug-likeness (QED) is 0.752. The molecule has 1 aliphatic heterocycles. The Morgan fingerprint density at radius 3 is 2.67 bits per heavy atom. The molecule has 0 bridgehead atoms. The molecule has 0 saturated heterocycles. The summed E-state index contributed by atoms with van der Waals surface area (Å²) in [4.78, 5) is 25.7. The highest BCUT2D eigenvalue weighted by atomic mass is 16.2. The molecule has 6 heteroatoms. The summed E-state index contributed by atoms with van der Waals surface area (Å²) in [5.41, 5.74) is 1.91. The normalized spacial score (nSPS) is 16.2. The summed E-state index contributed by atoms with van der Waals surface area (Å²) in [6.07, 6.45) is 0. The molecule has 1 aromatic carbocycles. The molecule has 0 fully saturated rings. The fourth-order valence-electron chi connectivity index (χ4n) is 2.36. The summed E-state index contributed by atoms with van der Waals surface area (Å²) >= 11 is 0. The van der Waals surface area contributed by atoms with E-state index in [4.69, 9.17) is 0 Å². The van der Waals surface area contributed by atoms with Crippen LogP contribution in [0.2, 0.25) is 0 Å². The van der Waals surface area contributed by atoms with Crippen molar-refractivity contribution >= 4 is 23.2 Å². The number of anilines is 2. The molecule has 1 aliphatic rings. The summed E-state index contributed by atoms with van der Waals surface area (Å²) in [5.74, 6) is -0.192. The van der Waals surface area contributed by atoms with Crippen LogP contribution in [0.25, 0.3) is 0 Å². The summed E-state index contributed by atoms with van der Waals surface area (Å²) in [5, 5.41) is 9.19. The molecule has 0 saturated carbocycles. The maximum Gasteiger partial charge on any atom is 0.247 e. The average Bonchev–Trinajstić information content (AvgIpc) is 2.51. The zero-order valence-corrected chi connectivity index (χ0v) is 12.5. The lowest BCUT2D eigenvalue weighted by Gasteiger charge is -2.31. The zero-order chi connectivity index (χ0) is 15.2. The molecule has 1 aromatic rings. The van der Waals surface area contributed by atoms with Gasteiger partial charge < -0.3 is 20.9 Å². The van der Waals surface area contributed by atoms with Gasteiger partial charge in [-0.15, -0.1) is 0 Å². The number of carbonyl (C=O) groups excluding carboxylic acids is 2. The van der Waals surface area contributed by atoms with Crippen LogP contribution >= 0.6 is 0 Å². The van der Waals surface area contributed by atoms with Gasteiger partial charge in [0.2, 0.25) is 11.8 Å². The van der Waals surface area contributed by atoms with Gasteiger partial charge in [-0.3, -0.25) is 9.59 Å². The molecule has 2 rings (SSSR count). The minimum absolute atomic E-state index is 0.0641. The number of hydrogen-bond donors (Lipinski definition) is 3. The van der Waals surface area contributed by atoms with Gasteiger partial charge in [-0.1, -0.05) is 12.1 Å². The van der Waals surface area contributed by atoms with Crippen LogP contribution in [0.3, 0.4) is 0 Å². The van der Waals surface area contributed by atoms with Crippen molar-refractivity contribution in [2.45, 2.75) is 19.9 Å². The van der Waals surface area contributed by atoms with E-state index in [0.717, 1.165) is 11.4 Å². The van der Waals surface area contributed by atoms with E-state index in [1.807, 2.05) is 38.1 Å². The van der Waals surface area contributed by atoms with E-state index in [9.17, 15) is 9.59 Å². The van der Waals surface area contributed by atoms with Gasteiger partial charge in [-0.2, -0.15) is 0 Å². The van der Waals surface area contributed by atoms with Crippen molar-refractivity contribution in [1.82, 2.24) is 10.2 Å². The van der Waals surface area contributed by atoms with Crippen LogP contribution < -0.4 is 16.0 Å². The monoisotopic (exact) mass is 290 g/mol. The number of amides is 2. The first kappa shape index (κ1) is 15.2. The molecule has 21 heavy (non-hydrogen) atoms. The van der Waals surface area contributed by atoms with Gasteiger partial charge in [0, 0.05) is 19.6 Å². The third-order valence-corrected chi connectivity index (χ3v) is 3.45. The van der Waals surface area contributed by atoms with E-state index >= 15 is 0 Å². The molecule has 0 spiro atoms. The van der Waals surface area contributed by atoms with E-state index in [-0.39, 0.29) is 24.4 Å². The number of hydrogen-bond acceptors (Lipinski definition) is 4. The molecule has 1 unspecified atom stereocenters. The topological polar surface area (TPSA) is 73.5 Å². The molecule has 3 N–H and O–H groups in total. The first-order valence-electron chi connectivity index (χ1n) is 7.30. The minimum Gasteiger partial charge on any atom is -0.381 e. The highest BCUT2D eigenvalue weighted by Gasteiger charge is 2.27. The van der Waals surface area contributed by atoms with Gasteiger partial charge in [-0.25, -0.2) is 0 Å². The minimum atomic E-state index is -0.353. The Kier molecular flexibility index (Phi) is 5.03. The van der Waals surface area contributed by atoms with Crippen LogP contribution in [0, 0.1) is 0 Å². The van der Waals surface area contributed by atoms with Crippen LogP contribution in [0.4, 0.5) is 11.4 Å². The number of benzene rings is 1. The lowest BCUT2D eigenvalue weighted by atomic mass is 10.1. The number of likely N-dealkylation sites (N-methyl/N-ethyl adjacent to an activating group) is 2. The van der Waals surface area contributed by atoms with Gasteiger partial charge in [0.05, 0.1) is 17.9 Å². The second kappa shape index (κ2) is 6.97. The highest BCUT2D eigenvalue weighted by Crippen LogP contribution is 2.25. The molecular formula is C15H22N4O2. The van der Waals surface area contributed by atoms with Crippen molar-refractivity contribution in [1.29, 1.82) is 0 Å². The van der Waals surface area contributed by atoms with Crippen molar-refractivity contribution < 1.29 is 9.59 Å². The Balaban J connectivity index is 2.01. The predicted molar refractivity (Wildman–Crippen MR) is 83.3 cm³/mol. The fraction of sp³-hybridized carbons (Fsp3) is 0.467. The lowest BCUT2D eigenvalue weighted by molar-refractivity contribution is -0.136. The van der Waals surface area contributed by atoms with Crippen molar-refractivity contribution in [2.24, 2.45) is 0 Å². The van der Waals surface area contributed by atoms with Crippen LogP contribution in [0.15, 0.2) is 24.3 Å². The van der Waals surface area contributed by atoms with Crippen molar-refractivity contribution in [3.05, 3.63) is 24.3 Å². The number of nitrogens with one attached hydrogen (secondary N) is 3. The van der Waals surface area contributed by atoms with Crippen molar-refractivity contribution in [2.75, 3.05) is 36.8 Å². The predicted octanol–water partition coefficient (Wildman–Crippen LogP) is 0.877. The van der Waals surface area contributed by atoms with Gasteiger partial charge >= 0.3 is 0 Å². The molecule has 114 valence electrons. The largest absolute Gasteiger partial charge is 0.381 e. The molecule has 2 amide bonds. The maximum absolute atomic E-state index is 12.5. The molecular weight excluding hydrogens is 268 g/mol. The second-order valence-electron chi connectivity index (χ2n) is 4.93. The van der Waals surface area contributed by atoms with Gasteiger partial charge in [0.1, 0.15) is 6.04 Å². The first-order chi connectivity index (χ1) is 10.2. The van der Waals surface area contributed by atoms with Crippen LogP contribution in [0.5, 0.6) is 0 Å². The number of para-hydroxylation sites is 2. The van der Waals surface area contributed by atoms with E-state index < -0.39 is 0 Å². The number of carbonyl (C=O) groups is 2.